The second kappa shape index (κ2) is 11.2. The molecule has 1 aliphatic heterocycles. The summed E-state index contributed by atoms with van der Waals surface area (Å²) in [6, 6.07) is 11.9. The lowest BCUT2D eigenvalue weighted by atomic mass is 9.89. The van der Waals surface area contributed by atoms with Crippen LogP contribution >= 0.6 is 24.0 Å². The number of guanidine groups is 1. The maximum absolute atomic E-state index is 11.1. The predicted molar refractivity (Wildman–Crippen MR) is 123 cm³/mol. The first kappa shape index (κ1) is 23.2. The molecule has 29 heavy (non-hydrogen) atoms. The maximum Gasteiger partial charge on any atom is 0.284 e. The van der Waals surface area contributed by atoms with Gasteiger partial charge in [-0.05, 0) is 37.5 Å². The molecule has 2 atom stereocenters. The highest BCUT2D eigenvalue weighted by Crippen LogP contribution is 2.33. The van der Waals surface area contributed by atoms with Gasteiger partial charge in [-0.3, -0.25) is 9.79 Å². The number of halogens is 1. The van der Waals surface area contributed by atoms with Crippen molar-refractivity contribution in [1.29, 1.82) is 0 Å². The zero-order chi connectivity index (χ0) is 19.9. The molecule has 4 N–H and O–H groups in total. The zero-order valence-electron chi connectivity index (χ0n) is 16.8. The van der Waals surface area contributed by atoms with Gasteiger partial charge in [0.05, 0.1) is 12.6 Å². The first-order chi connectivity index (χ1) is 13.6. The van der Waals surface area contributed by atoms with Crippen LogP contribution in [-0.4, -0.2) is 32.1 Å². The van der Waals surface area contributed by atoms with Crippen molar-refractivity contribution in [2.45, 2.75) is 32.4 Å². The number of ether oxygens (including phenoxy) is 1. The minimum Gasteiger partial charge on any atom is -0.454 e. The Labute approximate surface area is 188 Å². The Hall–Kier alpha value is -2.07. The Bertz CT molecular complexity index is 820. The number of hydrogen-bond acceptors (Lipinski definition) is 4. The molecule has 1 fully saturated rings. The number of nitrogens with zero attached hydrogens (tertiary/aromatic N) is 1. The number of furan rings is 1. The fourth-order valence-corrected chi connectivity index (χ4v) is 3.40. The number of rotatable bonds is 6. The summed E-state index contributed by atoms with van der Waals surface area (Å²) in [7, 11) is 1.72. The summed E-state index contributed by atoms with van der Waals surface area (Å²) < 4.78 is 11.5. The summed E-state index contributed by atoms with van der Waals surface area (Å²) in [5.74, 6) is 1.23. The van der Waals surface area contributed by atoms with E-state index < -0.39 is 5.91 Å². The Balaban J connectivity index is 0.00000300. The van der Waals surface area contributed by atoms with Crippen molar-refractivity contribution in [3.8, 4) is 0 Å². The first-order valence-electron chi connectivity index (χ1n) is 9.58. The van der Waals surface area contributed by atoms with Gasteiger partial charge in [0.15, 0.2) is 11.7 Å². The summed E-state index contributed by atoms with van der Waals surface area (Å²) in [5, 5.41) is 6.57. The number of aryl methyl sites for hydroxylation is 1. The molecule has 3 rings (SSSR count). The normalized spacial score (nSPS) is 19.3. The first-order valence-corrected chi connectivity index (χ1v) is 9.58. The van der Waals surface area contributed by atoms with Crippen LogP contribution in [0.1, 0.15) is 46.4 Å². The average Bonchev–Trinajstić information content (AvgIpc) is 3.18. The van der Waals surface area contributed by atoms with Crippen molar-refractivity contribution >= 4 is 35.8 Å². The van der Waals surface area contributed by atoms with Crippen molar-refractivity contribution < 1.29 is 13.9 Å². The summed E-state index contributed by atoms with van der Waals surface area (Å²) in [6.07, 6.45) is 2.24. The third kappa shape index (κ3) is 6.46. The standard InChI is InChI=1S/C21H28N4O3.HI/c1-14-5-7-15(8-6-14)19-16(4-3-11-27-19)12-24-21(23-2)25-13-17-9-10-18(28-17)20(22)26;/h5-10,16,19H,3-4,11-13H2,1-2H3,(H2,22,26)(H2,23,24,25);1H. The minimum atomic E-state index is -0.576. The topological polar surface area (TPSA) is 102 Å². The molecule has 1 saturated heterocycles. The minimum absolute atomic E-state index is 0. The van der Waals surface area contributed by atoms with Crippen LogP contribution < -0.4 is 16.4 Å². The quantitative estimate of drug-likeness (QED) is 0.314. The molecule has 0 bridgehead atoms. The van der Waals surface area contributed by atoms with Gasteiger partial charge in [0.2, 0.25) is 0 Å². The van der Waals surface area contributed by atoms with E-state index in [4.69, 9.17) is 14.9 Å². The fourth-order valence-electron chi connectivity index (χ4n) is 3.40. The van der Waals surface area contributed by atoms with Crippen LogP contribution in [0.5, 0.6) is 0 Å². The molecule has 2 unspecified atom stereocenters. The number of hydrogen-bond donors (Lipinski definition) is 3. The lowest BCUT2D eigenvalue weighted by Crippen LogP contribution is -2.41. The number of benzene rings is 1. The van der Waals surface area contributed by atoms with Gasteiger partial charge in [0.1, 0.15) is 5.76 Å². The number of amides is 1. The van der Waals surface area contributed by atoms with Gasteiger partial charge < -0.3 is 25.5 Å². The van der Waals surface area contributed by atoms with E-state index in [1.54, 1.807) is 19.2 Å². The number of carbonyl (C=O) groups excluding carboxylic acids is 1. The number of carbonyl (C=O) groups is 1. The van der Waals surface area contributed by atoms with Crippen molar-refractivity contribution in [1.82, 2.24) is 10.6 Å². The van der Waals surface area contributed by atoms with Crippen LogP contribution in [0.25, 0.3) is 0 Å². The Morgan fingerprint density at radius 1 is 1.21 bits per heavy atom. The largest absolute Gasteiger partial charge is 0.454 e. The molecule has 0 spiro atoms. The van der Waals surface area contributed by atoms with E-state index in [9.17, 15) is 4.79 Å². The van der Waals surface area contributed by atoms with E-state index in [-0.39, 0.29) is 35.8 Å². The molecule has 2 heterocycles. The Morgan fingerprint density at radius 2 is 1.97 bits per heavy atom. The Morgan fingerprint density at radius 3 is 2.62 bits per heavy atom. The smallest absolute Gasteiger partial charge is 0.284 e. The number of nitrogens with one attached hydrogen (secondary N) is 2. The summed E-state index contributed by atoms with van der Waals surface area (Å²) in [5.41, 5.74) is 7.67. The molecule has 1 aromatic heterocycles. The molecule has 0 aliphatic carbocycles. The van der Waals surface area contributed by atoms with Gasteiger partial charge in [-0.25, -0.2) is 0 Å². The fraction of sp³-hybridized carbons (Fsp3) is 0.429. The molecule has 0 saturated carbocycles. The van der Waals surface area contributed by atoms with Crippen LogP contribution in [0.4, 0.5) is 0 Å². The van der Waals surface area contributed by atoms with Crippen LogP contribution in [0, 0.1) is 12.8 Å². The van der Waals surface area contributed by atoms with Gasteiger partial charge in [-0.15, -0.1) is 24.0 Å². The molecular formula is C21H29IN4O3. The van der Waals surface area contributed by atoms with E-state index >= 15 is 0 Å². The van der Waals surface area contributed by atoms with Crippen LogP contribution in [0.2, 0.25) is 0 Å². The Kier molecular flexibility index (Phi) is 8.97. The van der Waals surface area contributed by atoms with Gasteiger partial charge in [-0.2, -0.15) is 0 Å². The molecular weight excluding hydrogens is 483 g/mol. The number of primary amides is 1. The monoisotopic (exact) mass is 512 g/mol. The third-order valence-electron chi connectivity index (χ3n) is 4.94. The molecule has 7 nitrogen and oxygen atoms in total. The van der Waals surface area contributed by atoms with E-state index in [0.717, 1.165) is 26.0 Å². The molecule has 1 amide bonds. The zero-order valence-corrected chi connectivity index (χ0v) is 19.1. The molecule has 1 aromatic carbocycles. The van der Waals surface area contributed by atoms with E-state index in [0.29, 0.717) is 24.2 Å². The highest BCUT2D eigenvalue weighted by molar-refractivity contribution is 14.0. The summed E-state index contributed by atoms with van der Waals surface area (Å²) in [6.45, 7) is 4.05. The number of nitrogens with two attached hydrogens (primary N) is 1. The molecule has 158 valence electrons. The summed E-state index contributed by atoms with van der Waals surface area (Å²) >= 11 is 0. The highest BCUT2D eigenvalue weighted by atomic mass is 127. The molecule has 8 heteroatoms. The van der Waals surface area contributed by atoms with E-state index in [1.165, 1.54) is 11.1 Å². The van der Waals surface area contributed by atoms with Gasteiger partial charge in [-0.1, -0.05) is 29.8 Å². The summed E-state index contributed by atoms with van der Waals surface area (Å²) in [4.78, 5) is 15.4. The van der Waals surface area contributed by atoms with Crippen molar-refractivity contribution in [2.24, 2.45) is 16.6 Å². The van der Waals surface area contributed by atoms with E-state index in [2.05, 4.69) is 46.8 Å². The number of aliphatic imine (C=N–C) groups is 1. The third-order valence-corrected chi connectivity index (χ3v) is 4.94. The van der Waals surface area contributed by atoms with Crippen molar-refractivity contribution in [3.63, 3.8) is 0 Å². The van der Waals surface area contributed by atoms with Gasteiger partial charge >= 0.3 is 0 Å². The maximum atomic E-state index is 11.1. The average molecular weight is 512 g/mol. The lowest BCUT2D eigenvalue weighted by Gasteiger charge is -2.32. The van der Waals surface area contributed by atoms with Crippen molar-refractivity contribution in [3.05, 3.63) is 59.0 Å². The van der Waals surface area contributed by atoms with Crippen LogP contribution in [0.15, 0.2) is 45.8 Å². The van der Waals surface area contributed by atoms with Crippen LogP contribution in [-0.2, 0) is 11.3 Å². The predicted octanol–water partition coefficient (Wildman–Crippen LogP) is 3.14. The highest BCUT2D eigenvalue weighted by Gasteiger charge is 2.27. The SMILES string of the molecule is CN=C(NCc1ccc(C(N)=O)o1)NCC1CCCOC1c1ccc(C)cc1.I. The molecule has 0 radical (unpaired) electrons. The second-order valence-electron chi connectivity index (χ2n) is 7.04. The van der Waals surface area contributed by atoms with Crippen LogP contribution in [0.3, 0.4) is 0 Å². The van der Waals surface area contributed by atoms with Gasteiger partial charge in [0, 0.05) is 26.1 Å². The van der Waals surface area contributed by atoms with E-state index in [1.807, 2.05) is 0 Å². The van der Waals surface area contributed by atoms with Gasteiger partial charge in [0.25, 0.3) is 5.91 Å². The van der Waals surface area contributed by atoms with Crippen molar-refractivity contribution in [2.75, 3.05) is 20.2 Å². The molecule has 1 aliphatic rings. The second-order valence-corrected chi connectivity index (χ2v) is 7.04. The molecule has 2 aromatic rings. The lowest BCUT2D eigenvalue weighted by molar-refractivity contribution is -0.0265.